The standard InChI is InChI=1S/C14H19ClN4OS/c1-5-14(3,4)17-13(20)8(2)16-11-9(15)6-7-10-12(11)19-21-18-10/h6-8,16H,5H2,1-4H3,(H,17,20). The molecule has 0 aliphatic heterocycles. The van der Waals surface area contributed by atoms with Crippen molar-refractivity contribution in [1.82, 2.24) is 14.1 Å². The second kappa shape index (κ2) is 6.15. The van der Waals surface area contributed by atoms with Gasteiger partial charge in [0.25, 0.3) is 0 Å². The van der Waals surface area contributed by atoms with Gasteiger partial charge in [0.05, 0.1) is 22.4 Å². The van der Waals surface area contributed by atoms with Crippen molar-refractivity contribution in [3.8, 4) is 0 Å². The molecule has 5 nitrogen and oxygen atoms in total. The second-order valence-electron chi connectivity index (χ2n) is 5.65. The van der Waals surface area contributed by atoms with Gasteiger partial charge in [0.1, 0.15) is 17.1 Å². The molecule has 1 unspecified atom stereocenters. The molecule has 1 heterocycles. The van der Waals surface area contributed by atoms with E-state index in [-0.39, 0.29) is 11.4 Å². The molecule has 1 aromatic carbocycles. The van der Waals surface area contributed by atoms with Crippen LogP contribution in [0.4, 0.5) is 5.69 Å². The molecule has 114 valence electrons. The third-order valence-corrected chi connectivity index (χ3v) is 4.33. The molecule has 1 amide bonds. The van der Waals surface area contributed by atoms with E-state index in [0.717, 1.165) is 23.7 Å². The molecule has 0 spiro atoms. The Labute approximate surface area is 133 Å². The Hall–Kier alpha value is -1.40. The predicted molar refractivity (Wildman–Crippen MR) is 88.0 cm³/mol. The van der Waals surface area contributed by atoms with Crippen molar-refractivity contribution in [1.29, 1.82) is 0 Å². The fourth-order valence-corrected chi connectivity index (χ4v) is 2.53. The van der Waals surface area contributed by atoms with E-state index in [4.69, 9.17) is 11.6 Å². The van der Waals surface area contributed by atoms with E-state index in [1.807, 2.05) is 26.8 Å². The summed E-state index contributed by atoms with van der Waals surface area (Å²) in [6, 6.07) is 3.16. The van der Waals surface area contributed by atoms with Crippen LogP contribution in [0, 0.1) is 0 Å². The average molecular weight is 327 g/mol. The quantitative estimate of drug-likeness (QED) is 0.883. The number of rotatable bonds is 5. The van der Waals surface area contributed by atoms with Gasteiger partial charge >= 0.3 is 0 Å². The zero-order valence-electron chi connectivity index (χ0n) is 12.5. The van der Waals surface area contributed by atoms with Crippen molar-refractivity contribution < 1.29 is 4.79 Å². The van der Waals surface area contributed by atoms with Gasteiger partial charge in [-0.15, -0.1) is 0 Å². The first-order valence-corrected chi connectivity index (χ1v) is 7.94. The van der Waals surface area contributed by atoms with Gasteiger partial charge in [-0.05, 0) is 39.3 Å². The second-order valence-corrected chi connectivity index (χ2v) is 6.58. The summed E-state index contributed by atoms with van der Waals surface area (Å²) in [5.41, 5.74) is 1.89. The predicted octanol–water partition coefficient (Wildman–Crippen LogP) is 3.45. The van der Waals surface area contributed by atoms with E-state index in [1.165, 1.54) is 0 Å². The van der Waals surface area contributed by atoms with Gasteiger partial charge in [-0.25, -0.2) is 0 Å². The molecule has 0 saturated carbocycles. The molecule has 0 fully saturated rings. The van der Waals surface area contributed by atoms with Crippen molar-refractivity contribution in [3.05, 3.63) is 17.2 Å². The van der Waals surface area contributed by atoms with E-state index in [0.29, 0.717) is 16.2 Å². The number of aromatic nitrogens is 2. The highest BCUT2D eigenvalue weighted by Gasteiger charge is 2.23. The largest absolute Gasteiger partial charge is 0.371 e. The van der Waals surface area contributed by atoms with E-state index in [2.05, 4.69) is 19.4 Å². The third kappa shape index (κ3) is 3.63. The first-order valence-electron chi connectivity index (χ1n) is 6.83. The molecule has 7 heteroatoms. The SMILES string of the molecule is CCC(C)(C)NC(=O)C(C)Nc1c(Cl)ccc2nsnc12. The summed E-state index contributed by atoms with van der Waals surface area (Å²) < 4.78 is 8.41. The highest BCUT2D eigenvalue weighted by Crippen LogP contribution is 2.30. The van der Waals surface area contributed by atoms with Crippen molar-refractivity contribution in [2.45, 2.75) is 45.7 Å². The Morgan fingerprint density at radius 3 is 2.81 bits per heavy atom. The Morgan fingerprint density at radius 1 is 1.43 bits per heavy atom. The number of anilines is 1. The Bertz CT molecular complexity index is 655. The van der Waals surface area contributed by atoms with Crippen LogP contribution in [-0.4, -0.2) is 26.2 Å². The minimum atomic E-state index is -0.416. The summed E-state index contributed by atoms with van der Waals surface area (Å²) >= 11 is 7.34. The van der Waals surface area contributed by atoms with E-state index < -0.39 is 6.04 Å². The van der Waals surface area contributed by atoms with Gasteiger partial charge in [0.2, 0.25) is 5.91 Å². The molecule has 0 aliphatic carbocycles. The average Bonchev–Trinajstić information content (AvgIpc) is 2.90. The van der Waals surface area contributed by atoms with Crippen molar-refractivity contribution in [2.24, 2.45) is 0 Å². The number of nitrogens with zero attached hydrogens (tertiary/aromatic N) is 2. The van der Waals surface area contributed by atoms with Gasteiger partial charge in [-0.3, -0.25) is 4.79 Å². The first-order chi connectivity index (χ1) is 9.84. The Kier molecular flexibility index (Phi) is 4.68. The lowest BCUT2D eigenvalue weighted by atomic mass is 10.0. The van der Waals surface area contributed by atoms with E-state index in [1.54, 1.807) is 13.0 Å². The van der Waals surface area contributed by atoms with Crippen LogP contribution in [0.25, 0.3) is 11.0 Å². The fourth-order valence-electron chi connectivity index (χ4n) is 1.78. The maximum Gasteiger partial charge on any atom is 0.242 e. The summed E-state index contributed by atoms with van der Waals surface area (Å²) in [6.07, 6.45) is 0.859. The molecule has 2 aromatic rings. The number of nitrogens with one attached hydrogen (secondary N) is 2. The number of amides is 1. The molecule has 0 saturated heterocycles. The van der Waals surface area contributed by atoms with Crippen LogP contribution in [0.3, 0.4) is 0 Å². The zero-order valence-corrected chi connectivity index (χ0v) is 14.1. The fraction of sp³-hybridized carbons (Fsp3) is 0.500. The summed E-state index contributed by atoms with van der Waals surface area (Å²) in [5, 5.41) is 6.69. The van der Waals surface area contributed by atoms with Crippen LogP contribution in [0.2, 0.25) is 5.02 Å². The van der Waals surface area contributed by atoms with Gasteiger partial charge < -0.3 is 10.6 Å². The normalized spacial score (nSPS) is 13.2. The van der Waals surface area contributed by atoms with Gasteiger partial charge in [-0.2, -0.15) is 8.75 Å². The number of halogens is 1. The minimum Gasteiger partial charge on any atom is -0.371 e. The molecule has 1 aromatic heterocycles. The molecule has 0 radical (unpaired) electrons. The molecule has 2 rings (SSSR count). The molecule has 0 aliphatic rings. The third-order valence-electron chi connectivity index (χ3n) is 3.48. The number of hydrogen-bond donors (Lipinski definition) is 2. The number of carbonyl (C=O) groups excluding carboxylic acids is 1. The van der Waals surface area contributed by atoms with E-state index in [9.17, 15) is 4.79 Å². The molecular formula is C14H19ClN4OS. The van der Waals surface area contributed by atoms with Gasteiger partial charge in [0.15, 0.2) is 0 Å². The van der Waals surface area contributed by atoms with Crippen molar-refractivity contribution in [2.75, 3.05) is 5.32 Å². The van der Waals surface area contributed by atoms with Gasteiger partial charge in [0, 0.05) is 5.54 Å². The number of fused-ring (bicyclic) bond motifs is 1. The van der Waals surface area contributed by atoms with Crippen LogP contribution in [0.5, 0.6) is 0 Å². The lowest BCUT2D eigenvalue weighted by Crippen LogP contribution is -2.48. The maximum atomic E-state index is 12.3. The van der Waals surface area contributed by atoms with E-state index >= 15 is 0 Å². The number of benzene rings is 1. The monoisotopic (exact) mass is 326 g/mol. The van der Waals surface area contributed by atoms with Crippen LogP contribution in [-0.2, 0) is 4.79 Å². The molecule has 1 atom stereocenters. The number of hydrogen-bond acceptors (Lipinski definition) is 5. The zero-order chi connectivity index (χ0) is 15.6. The minimum absolute atomic E-state index is 0.0712. The van der Waals surface area contributed by atoms with Crippen LogP contribution < -0.4 is 10.6 Å². The van der Waals surface area contributed by atoms with Crippen molar-refractivity contribution >= 4 is 46.0 Å². The molecule has 2 N–H and O–H groups in total. The molecule has 21 heavy (non-hydrogen) atoms. The smallest absolute Gasteiger partial charge is 0.242 e. The molecular weight excluding hydrogens is 308 g/mol. The van der Waals surface area contributed by atoms with Crippen LogP contribution >= 0.6 is 23.3 Å². The first kappa shape index (κ1) is 16.0. The maximum absolute atomic E-state index is 12.3. The lowest BCUT2D eigenvalue weighted by Gasteiger charge is -2.27. The summed E-state index contributed by atoms with van der Waals surface area (Å²) in [6.45, 7) is 7.83. The van der Waals surface area contributed by atoms with Crippen LogP contribution in [0.1, 0.15) is 34.1 Å². The highest BCUT2D eigenvalue weighted by atomic mass is 35.5. The van der Waals surface area contributed by atoms with Crippen LogP contribution in [0.15, 0.2) is 12.1 Å². The van der Waals surface area contributed by atoms with Crippen molar-refractivity contribution in [3.63, 3.8) is 0 Å². The molecule has 0 bridgehead atoms. The summed E-state index contributed by atoms with van der Waals surface area (Å²) in [5.74, 6) is -0.0712. The topological polar surface area (TPSA) is 66.9 Å². The van der Waals surface area contributed by atoms with Gasteiger partial charge in [-0.1, -0.05) is 18.5 Å². The Balaban J connectivity index is 2.18. The number of carbonyl (C=O) groups is 1. The summed E-state index contributed by atoms with van der Waals surface area (Å²) in [4.78, 5) is 12.3. The Morgan fingerprint density at radius 2 is 2.14 bits per heavy atom. The summed E-state index contributed by atoms with van der Waals surface area (Å²) in [7, 11) is 0. The lowest BCUT2D eigenvalue weighted by molar-refractivity contribution is -0.123. The highest BCUT2D eigenvalue weighted by molar-refractivity contribution is 7.00.